The summed E-state index contributed by atoms with van der Waals surface area (Å²) in [5.41, 5.74) is 0. The quantitative estimate of drug-likeness (QED) is 0.436. The van der Waals surface area contributed by atoms with Crippen LogP contribution in [0.1, 0.15) is 0 Å². The Balaban J connectivity index is 2.26. The smallest absolute Gasteiger partial charge is 0.242 e. The number of carbonyl (C=O) groups excluding carboxylic acids is 1. The molecule has 0 fully saturated rings. The summed E-state index contributed by atoms with van der Waals surface area (Å²) < 4.78 is 1.22. The number of nitrogens with zero attached hydrogens (tertiary/aromatic N) is 4. The molecule has 0 atom stereocenters. The third-order valence-electron chi connectivity index (χ3n) is 1.18. The summed E-state index contributed by atoms with van der Waals surface area (Å²) in [6.45, 7) is -0.249. The summed E-state index contributed by atoms with van der Waals surface area (Å²) >= 11 is 0. The number of nitrogens with one attached hydrogen (secondary N) is 1. The first kappa shape index (κ1) is 9.55. The van der Waals surface area contributed by atoms with E-state index in [1.807, 2.05) is 0 Å². The number of hydrogen-bond acceptors (Lipinski definition) is 6. The fraction of sp³-hybridized carbons (Fsp3) is 0.600. The lowest BCUT2D eigenvalue weighted by Gasteiger charge is -2.05. The number of rotatable bonds is 4. The zero-order chi connectivity index (χ0) is 9.68. The molecule has 1 aromatic heterocycles. The fourth-order valence-electron chi connectivity index (χ4n) is 0.661. The van der Waals surface area contributed by atoms with E-state index in [4.69, 9.17) is 10.2 Å². The molecular formula is C5H9N5O3. The van der Waals surface area contributed by atoms with Gasteiger partial charge in [-0.05, 0) is 10.4 Å². The monoisotopic (exact) mass is 187 g/mol. The molecule has 0 radical (unpaired) electrons. The Bertz CT molecular complexity index is 259. The van der Waals surface area contributed by atoms with Crippen LogP contribution in [0.15, 0.2) is 6.33 Å². The number of hydrogen-bond donors (Lipinski definition) is 3. The summed E-state index contributed by atoms with van der Waals surface area (Å²) in [7, 11) is 0. The second-order valence-electron chi connectivity index (χ2n) is 2.29. The third-order valence-corrected chi connectivity index (χ3v) is 1.18. The molecule has 0 spiro atoms. The van der Waals surface area contributed by atoms with Gasteiger partial charge in [-0.25, -0.2) is 4.68 Å². The minimum Gasteiger partial charge on any atom is -0.367 e. The zero-order valence-electron chi connectivity index (χ0n) is 6.66. The minimum absolute atomic E-state index is 0.0419. The molecule has 0 saturated carbocycles. The molecule has 0 unspecified atom stereocenters. The van der Waals surface area contributed by atoms with Gasteiger partial charge in [-0.3, -0.25) is 4.79 Å². The van der Waals surface area contributed by atoms with E-state index in [2.05, 4.69) is 20.8 Å². The van der Waals surface area contributed by atoms with Crippen molar-refractivity contribution in [3.8, 4) is 0 Å². The highest BCUT2D eigenvalue weighted by Gasteiger charge is 2.04. The van der Waals surface area contributed by atoms with Crippen molar-refractivity contribution in [3.05, 3.63) is 6.33 Å². The normalized spacial score (nSPS) is 10.4. The summed E-state index contributed by atoms with van der Waals surface area (Å²) in [5.74, 6) is -0.389. The van der Waals surface area contributed by atoms with Gasteiger partial charge < -0.3 is 15.5 Å². The fourth-order valence-corrected chi connectivity index (χ4v) is 0.661. The molecule has 1 rings (SSSR count). The lowest BCUT2D eigenvalue weighted by atomic mass is 10.5. The van der Waals surface area contributed by atoms with Gasteiger partial charge in [0.2, 0.25) is 5.91 Å². The summed E-state index contributed by atoms with van der Waals surface area (Å²) in [4.78, 5) is 11.0. The molecule has 1 amide bonds. The predicted octanol–water partition coefficient (Wildman–Crippen LogP) is -2.90. The van der Waals surface area contributed by atoms with Crippen LogP contribution in [0.2, 0.25) is 0 Å². The first-order valence-electron chi connectivity index (χ1n) is 3.52. The molecule has 8 heteroatoms. The maximum Gasteiger partial charge on any atom is 0.242 e. The van der Waals surface area contributed by atoms with Crippen LogP contribution in [-0.2, 0) is 11.3 Å². The standard InChI is InChI=1S/C5H9N5O3/c11-4(6-1-5(12)13)2-10-3-7-8-9-10/h3,5,12-13H,1-2H2,(H,6,11). The molecule has 1 heterocycles. The Labute approximate surface area is 73.2 Å². The number of tetrazole rings is 1. The summed E-state index contributed by atoms with van der Waals surface area (Å²) in [6.07, 6.45) is -0.257. The van der Waals surface area contributed by atoms with Gasteiger partial charge in [0.1, 0.15) is 12.9 Å². The Morgan fingerprint density at radius 1 is 1.62 bits per heavy atom. The average Bonchev–Trinajstić information content (AvgIpc) is 2.53. The summed E-state index contributed by atoms with van der Waals surface area (Å²) in [6, 6.07) is 0. The molecule has 72 valence electrons. The minimum atomic E-state index is -1.54. The molecule has 3 N–H and O–H groups in total. The lowest BCUT2D eigenvalue weighted by molar-refractivity contribution is -0.124. The van der Waals surface area contributed by atoms with Crippen molar-refractivity contribution >= 4 is 5.91 Å². The average molecular weight is 187 g/mol. The molecule has 0 aromatic carbocycles. The Kier molecular flexibility index (Phi) is 3.29. The van der Waals surface area contributed by atoms with Crippen molar-refractivity contribution in [2.45, 2.75) is 12.8 Å². The molecule has 13 heavy (non-hydrogen) atoms. The molecule has 1 aromatic rings. The van der Waals surface area contributed by atoms with Crippen molar-refractivity contribution in [2.24, 2.45) is 0 Å². The maximum atomic E-state index is 11.0. The highest BCUT2D eigenvalue weighted by Crippen LogP contribution is 1.78. The van der Waals surface area contributed by atoms with E-state index < -0.39 is 6.29 Å². The van der Waals surface area contributed by atoms with Gasteiger partial charge in [-0.1, -0.05) is 0 Å². The van der Waals surface area contributed by atoms with Crippen molar-refractivity contribution in [1.82, 2.24) is 25.5 Å². The maximum absolute atomic E-state index is 11.0. The zero-order valence-corrected chi connectivity index (χ0v) is 6.66. The van der Waals surface area contributed by atoms with E-state index in [1.54, 1.807) is 0 Å². The van der Waals surface area contributed by atoms with Crippen LogP contribution in [0.25, 0.3) is 0 Å². The highest BCUT2D eigenvalue weighted by atomic mass is 16.5. The van der Waals surface area contributed by atoms with E-state index in [0.717, 1.165) is 0 Å². The van der Waals surface area contributed by atoms with Gasteiger partial charge in [0.25, 0.3) is 0 Å². The van der Waals surface area contributed by atoms with Crippen molar-refractivity contribution < 1.29 is 15.0 Å². The topological polar surface area (TPSA) is 113 Å². The molecule has 0 saturated heterocycles. The van der Waals surface area contributed by atoms with Crippen LogP contribution in [-0.4, -0.2) is 49.2 Å². The molecule has 0 aliphatic heterocycles. The number of aromatic nitrogens is 4. The molecule has 0 aliphatic rings. The Hall–Kier alpha value is -1.54. The lowest BCUT2D eigenvalue weighted by Crippen LogP contribution is -2.34. The number of aliphatic hydroxyl groups is 2. The Morgan fingerprint density at radius 2 is 2.38 bits per heavy atom. The van der Waals surface area contributed by atoms with Gasteiger partial charge in [0.05, 0.1) is 6.54 Å². The van der Waals surface area contributed by atoms with E-state index in [0.29, 0.717) is 0 Å². The number of aliphatic hydroxyl groups excluding tert-OH is 1. The van der Waals surface area contributed by atoms with Gasteiger partial charge in [0.15, 0.2) is 6.29 Å². The van der Waals surface area contributed by atoms with Gasteiger partial charge >= 0.3 is 0 Å². The van der Waals surface area contributed by atoms with Crippen molar-refractivity contribution in [2.75, 3.05) is 6.54 Å². The van der Waals surface area contributed by atoms with Crippen LogP contribution in [0.3, 0.4) is 0 Å². The molecular weight excluding hydrogens is 178 g/mol. The van der Waals surface area contributed by atoms with Crippen LogP contribution < -0.4 is 5.32 Å². The van der Waals surface area contributed by atoms with Gasteiger partial charge in [-0.15, -0.1) is 5.10 Å². The van der Waals surface area contributed by atoms with E-state index in [9.17, 15) is 4.79 Å². The molecule has 0 bridgehead atoms. The first-order chi connectivity index (χ1) is 6.18. The summed E-state index contributed by atoms with van der Waals surface area (Å²) in [5, 5.41) is 29.2. The number of amides is 1. The van der Waals surface area contributed by atoms with Crippen LogP contribution in [0.4, 0.5) is 0 Å². The largest absolute Gasteiger partial charge is 0.367 e. The Morgan fingerprint density at radius 3 is 2.92 bits per heavy atom. The van der Waals surface area contributed by atoms with Crippen molar-refractivity contribution in [3.63, 3.8) is 0 Å². The second-order valence-corrected chi connectivity index (χ2v) is 2.29. The SMILES string of the molecule is O=C(Cn1cnnn1)NCC(O)O. The van der Waals surface area contributed by atoms with Crippen LogP contribution >= 0.6 is 0 Å². The third kappa shape index (κ3) is 3.58. The second kappa shape index (κ2) is 4.48. The molecule has 8 nitrogen and oxygen atoms in total. The van der Waals surface area contributed by atoms with E-state index in [1.165, 1.54) is 11.0 Å². The van der Waals surface area contributed by atoms with Gasteiger partial charge in [-0.2, -0.15) is 0 Å². The van der Waals surface area contributed by atoms with E-state index >= 15 is 0 Å². The van der Waals surface area contributed by atoms with Crippen molar-refractivity contribution in [1.29, 1.82) is 0 Å². The predicted molar refractivity (Wildman–Crippen MR) is 39.1 cm³/mol. The first-order valence-corrected chi connectivity index (χ1v) is 3.52. The highest BCUT2D eigenvalue weighted by molar-refractivity contribution is 5.75. The molecule has 0 aliphatic carbocycles. The van der Waals surface area contributed by atoms with Crippen LogP contribution in [0.5, 0.6) is 0 Å². The van der Waals surface area contributed by atoms with E-state index in [-0.39, 0.29) is 19.0 Å². The number of carbonyl (C=O) groups is 1. The van der Waals surface area contributed by atoms with Crippen LogP contribution in [0, 0.1) is 0 Å². The van der Waals surface area contributed by atoms with Gasteiger partial charge in [0, 0.05) is 0 Å².